The topological polar surface area (TPSA) is 102 Å². The van der Waals surface area contributed by atoms with Gasteiger partial charge in [0, 0.05) is 31.0 Å². The normalized spacial score (nSPS) is 10.4. The Morgan fingerprint density at radius 3 is 2.72 bits per heavy atom. The molecule has 25 heavy (non-hydrogen) atoms. The molecule has 2 N–H and O–H groups in total. The summed E-state index contributed by atoms with van der Waals surface area (Å²) in [6, 6.07) is 9.24. The van der Waals surface area contributed by atoms with Gasteiger partial charge in [-0.25, -0.2) is 4.98 Å². The van der Waals surface area contributed by atoms with Gasteiger partial charge in [-0.3, -0.25) is 9.59 Å². The maximum absolute atomic E-state index is 12.1. The van der Waals surface area contributed by atoms with Gasteiger partial charge in [-0.2, -0.15) is 0 Å². The molecule has 2 aromatic heterocycles. The fraction of sp³-hybridized carbons (Fsp3) is 0.176. The quantitative estimate of drug-likeness (QED) is 0.688. The second-order valence-electron chi connectivity index (χ2n) is 5.35. The Balaban J connectivity index is 1.63. The van der Waals surface area contributed by atoms with E-state index in [0.717, 1.165) is 5.56 Å². The Morgan fingerprint density at radius 2 is 2.00 bits per heavy atom. The number of hydrogen-bond acceptors (Lipinski definition) is 5. The molecule has 0 atom stereocenters. The molecule has 0 bridgehead atoms. The number of hydrogen-bond donors (Lipinski definition) is 2. The summed E-state index contributed by atoms with van der Waals surface area (Å²) in [5.41, 5.74) is 1.65. The molecule has 0 saturated heterocycles. The first kappa shape index (κ1) is 16.4. The molecule has 0 saturated carbocycles. The smallest absolute Gasteiger partial charge is 0.313 e. The predicted octanol–water partition coefficient (Wildman–Crippen LogP) is 1.60. The van der Waals surface area contributed by atoms with Crippen LogP contribution in [-0.2, 0) is 16.1 Å². The second kappa shape index (κ2) is 7.43. The lowest BCUT2D eigenvalue weighted by Crippen LogP contribution is -2.37. The van der Waals surface area contributed by atoms with E-state index < -0.39 is 11.8 Å². The van der Waals surface area contributed by atoms with Gasteiger partial charge in [-0.05, 0) is 6.92 Å². The van der Waals surface area contributed by atoms with Gasteiger partial charge in [0.2, 0.25) is 0 Å². The van der Waals surface area contributed by atoms with Crippen LogP contribution in [0.4, 0.5) is 5.69 Å². The molecule has 0 radical (unpaired) electrons. The Kier molecular flexibility index (Phi) is 4.89. The van der Waals surface area contributed by atoms with E-state index in [1.807, 2.05) is 30.3 Å². The van der Waals surface area contributed by atoms with Crippen molar-refractivity contribution in [1.82, 2.24) is 20.0 Å². The van der Waals surface area contributed by atoms with E-state index in [2.05, 4.69) is 20.8 Å². The Hall–Kier alpha value is -3.42. The molecule has 3 aromatic rings. The molecular formula is C17H17N5O3. The molecule has 0 aliphatic rings. The number of imidazole rings is 1. The number of nitrogens with zero attached hydrogens (tertiary/aromatic N) is 3. The molecule has 3 rings (SSSR count). The minimum absolute atomic E-state index is 0.316. The number of carbonyl (C=O) groups excluding carboxylic acids is 2. The standard InChI is InChI=1S/C17H17N5O3/c1-12-14(15(25-21-12)13-5-3-2-4-6-13)20-17(24)16(23)19-8-10-22-9-7-18-11-22/h2-7,9,11H,8,10H2,1H3,(H,19,23)(H,20,24). The Labute approximate surface area is 143 Å². The number of rotatable bonds is 5. The highest BCUT2D eigenvalue weighted by Gasteiger charge is 2.20. The van der Waals surface area contributed by atoms with E-state index >= 15 is 0 Å². The molecule has 0 spiro atoms. The molecule has 8 heteroatoms. The first-order valence-corrected chi connectivity index (χ1v) is 7.72. The molecule has 1 aromatic carbocycles. The van der Waals surface area contributed by atoms with Crippen LogP contribution < -0.4 is 10.6 Å². The number of amides is 2. The van der Waals surface area contributed by atoms with Crippen LogP contribution in [-0.4, -0.2) is 33.1 Å². The highest BCUT2D eigenvalue weighted by atomic mass is 16.5. The maximum atomic E-state index is 12.1. The Morgan fingerprint density at radius 1 is 1.20 bits per heavy atom. The zero-order valence-electron chi connectivity index (χ0n) is 13.6. The van der Waals surface area contributed by atoms with Crippen molar-refractivity contribution in [1.29, 1.82) is 0 Å². The van der Waals surface area contributed by atoms with Gasteiger partial charge in [0.1, 0.15) is 11.4 Å². The summed E-state index contributed by atoms with van der Waals surface area (Å²) in [6.07, 6.45) is 5.06. The third-order valence-corrected chi connectivity index (χ3v) is 3.56. The summed E-state index contributed by atoms with van der Waals surface area (Å²) in [4.78, 5) is 28.0. The van der Waals surface area contributed by atoms with Gasteiger partial charge in [-0.1, -0.05) is 35.5 Å². The maximum Gasteiger partial charge on any atom is 0.313 e. The summed E-state index contributed by atoms with van der Waals surface area (Å²) in [7, 11) is 0. The highest BCUT2D eigenvalue weighted by molar-refractivity contribution is 6.40. The fourth-order valence-electron chi connectivity index (χ4n) is 2.27. The molecular weight excluding hydrogens is 322 g/mol. The molecule has 128 valence electrons. The average Bonchev–Trinajstić information content (AvgIpc) is 3.26. The van der Waals surface area contributed by atoms with E-state index in [1.165, 1.54) is 0 Å². The van der Waals surface area contributed by atoms with E-state index in [9.17, 15) is 9.59 Å². The monoisotopic (exact) mass is 339 g/mol. The van der Waals surface area contributed by atoms with Crippen LogP contribution in [0.5, 0.6) is 0 Å². The van der Waals surface area contributed by atoms with Crippen molar-refractivity contribution >= 4 is 17.5 Å². The molecule has 0 aliphatic heterocycles. The number of anilines is 1. The summed E-state index contributed by atoms with van der Waals surface area (Å²) < 4.78 is 7.09. The van der Waals surface area contributed by atoms with Crippen LogP contribution in [0.2, 0.25) is 0 Å². The van der Waals surface area contributed by atoms with E-state index in [0.29, 0.717) is 30.2 Å². The number of aryl methyl sites for hydroxylation is 1. The van der Waals surface area contributed by atoms with Gasteiger partial charge in [0.25, 0.3) is 0 Å². The van der Waals surface area contributed by atoms with E-state index in [-0.39, 0.29) is 0 Å². The largest absolute Gasteiger partial charge is 0.354 e. The molecule has 0 unspecified atom stereocenters. The van der Waals surface area contributed by atoms with Crippen molar-refractivity contribution in [3.63, 3.8) is 0 Å². The lowest BCUT2D eigenvalue weighted by Gasteiger charge is -2.07. The number of nitrogens with one attached hydrogen (secondary N) is 2. The number of benzene rings is 1. The van der Waals surface area contributed by atoms with Crippen molar-refractivity contribution in [3.8, 4) is 11.3 Å². The van der Waals surface area contributed by atoms with Crippen LogP contribution >= 0.6 is 0 Å². The summed E-state index contributed by atoms with van der Waals surface area (Å²) in [5.74, 6) is -1.08. The minimum atomic E-state index is -0.769. The van der Waals surface area contributed by atoms with Crippen LogP contribution in [0.1, 0.15) is 5.69 Å². The summed E-state index contributed by atoms with van der Waals surface area (Å²) in [5, 5.41) is 9.01. The summed E-state index contributed by atoms with van der Waals surface area (Å²) in [6.45, 7) is 2.54. The van der Waals surface area contributed by atoms with E-state index in [1.54, 1.807) is 30.2 Å². The zero-order valence-corrected chi connectivity index (χ0v) is 13.6. The van der Waals surface area contributed by atoms with Gasteiger partial charge in [-0.15, -0.1) is 0 Å². The van der Waals surface area contributed by atoms with Gasteiger partial charge in [0.05, 0.1) is 6.33 Å². The Bertz CT molecular complexity index is 856. The van der Waals surface area contributed by atoms with Gasteiger partial charge >= 0.3 is 11.8 Å². The molecule has 2 heterocycles. The molecule has 0 fully saturated rings. The van der Waals surface area contributed by atoms with Gasteiger partial charge in [0.15, 0.2) is 5.76 Å². The van der Waals surface area contributed by atoms with Crippen LogP contribution in [0.3, 0.4) is 0 Å². The molecule has 8 nitrogen and oxygen atoms in total. The summed E-state index contributed by atoms with van der Waals surface area (Å²) >= 11 is 0. The van der Waals surface area contributed by atoms with Crippen LogP contribution in [0, 0.1) is 6.92 Å². The van der Waals surface area contributed by atoms with Crippen molar-refractivity contribution in [3.05, 3.63) is 54.7 Å². The SMILES string of the molecule is Cc1noc(-c2ccccc2)c1NC(=O)C(=O)NCCn1ccnc1. The highest BCUT2D eigenvalue weighted by Crippen LogP contribution is 2.30. The fourth-order valence-corrected chi connectivity index (χ4v) is 2.27. The molecule has 2 amide bonds. The first-order valence-electron chi connectivity index (χ1n) is 7.72. The van der Waals surface area contributed by atoms with Crippen LogP contribution in [0.15, 0.2) is 53.6 Å². The second-order valence-corrected chi connectivity index (χ2v) is 5.35. The average molecular weight is 339 g/mol. The third kappa shape index (κ3) is 3.92. The third-order valence-electron chi connectivity index (χ3n) is 3.56. The minimum Gasteiger partial charge on any atom is -0.354 e. The lowest BCUT2D eigenvalue weighted by atomic mass is 10.1. The van der Waals surface area contributed by atoms with Crippen molar-refractivity contribution in [2.75, 3.05) is 11.9 Å². The predicted molar refractivity (Wildman–Crippen MR) is 90.5 cm³/mol. The first-order chi connectivity index (χ1) is 12.1. The van der Waals surface area contributed by atoms with Crippen molar-refractivity contribution in [2.24, 2.45) is 0 Å². The van der Waals surface area contributed by atoms with E-state index in [4.69, 9.17) is 4.52 Å². The lowest BCUT2D eigenvalue weighted by molar-refractivity contribution is -0.136. The zero-order chi connectivity index (χ0) is 17.6. The number of carbonyl (C=O) groups is 2. The van der Waals surface area contributed by atoms with Crippen molar-refractivity contribution < 1.29 is 14.1 Å². The van der Waals surface area contributed by atoms with Crippen molar-refractivity contribution in [2.45, 2.75) is 13.5 Å². The van der Waals surface area contributed by atoms with Gasteiger partial charge < -0.3 is 19.7 Å². The number of aromatic nitrogens is 3. The van der Waals surface area contributed by atoms with Crippen LogP contribution in [0.25, 0.3) is 11.3 Å². The molecule has 0 aliphatic carbocycles.